The van der Waals surface area contributed by atoms with Crippen LogP contribution in [0.5, 0.6) is 0 Å². The molecule has 1 heterocycles. The van der Waals surface area contributed by atoms with Crippen LogP contribution in [0.4, 0.5) is 0 Å². The van der Waals surface area contributed by atoms with E-state index in [1.165, 1.54) is 4.90 Å². The monoisotopic (exact) mass is 550 g/mol. The number of nitrogens with zero attached hydrogens (tertiary/aromatic N) is 2. The number of hydrogen-bond acceptors (Lipinski definition) is 10. The summed E-state index contributed by atoms with van der Waals surface area (Å²) in [5, 5.41) is 12.6. The topological polar surface area (TPSA) is 163 Å². The first-order valence-electron chi connectivity index (χ1n) is 13.8. The molecule has 1 fully saturated rings. The second-order valence-corrected chi connectivity index (χ2v) is 9.45. The molecule has 1 aliphatic rings. The number of nitrogens with one attached hydrogen (secondary N) is 1. The van der Waals surface area contributed by atoms with Crippen molar-refractivity contribution in [2.45, 2.75) is 82.8 Å². The predicted octanol–water partition coefficient (Wildman–Crippen LogP) is 2.16. The Morgan fingerprint density at radius 2 is 1.82 bits per heavy atom. The Kier molecular flexibility index (Phi) is 14.8. The highest BCUT2D eigenvalue weighted by atomic mass is 16.9. The van der Waals surface area contributed by atoms with Gasteiger partial charge in [0, 0.05) is 6.54 Å². The Morgan fingerprint density at radius 3 is 2.51 bits per heavy atom. The standard InChI is InChI=1S/C27H42N4O8/c1-2-37-26(33)23(16-15-21-11-4-3-5-12-21)29-22(13-6-7-17-28)25(32)30-18-10-14-24(30)27(34)38-19-8-9-20-39-31(35)36/h3-5,11-12,22-24,29H,2,6-10,13-20,28H2,1H3/t22?,23?,24-/m0/s1. The van der Waals surface area contributed by atoms with E-state index in [0.29, 0.717) is 64.5 Å². The first-order chi connectivity index (χ1) is 18.9. The average Bonchev–Trinajstić information content (AvgIpc) is 3.42. The lowest BCUT2D eigenvalue weighted by molar-refractivity contribution is -0.757. The number of amides is 1. The zero-order chi connectivity index (χ0) is 28.5. The predicted molar refractivity (Wildman–Crippen MR) is 143 cm³/mol. The van der Waals surface area contributed by atoms with Crippen molar-refractivity contribution in [3.05, 3.63) is 46.0 Å². The summed E-state index contributed by atoms with van der Waals surface area (Å²) in [7, 11) is 0. The van der Waals surface area contributed by atoms with Crippen molar-refractivity contribution >= 4 is 17.8 Å². The van der Waals surface area contributed by atoms with Crippen LogP contribution in [-0.2, 0) is 35.1 Å². The number of likely N-dealkylation sites (tertiary alicyclic amines) is 1. The van der Waals surface area contributed by atoms with E-state index in [1.54, 1.807) is 6.92 Å². The number of nitrogens with two attached hydrogens (primary N) is 1. The molecule has 0 aromatic heterocycles. The molecule has 1 aliphatic heterocycles. The fourth-order valence-corrected chi connectivity index (χ4v) is 4.57. The second kappa shape index (κ2) is 18.1. The second-order valence-electron chi connectivity index (χ2n) is 9.45. The molecule has 0 saturated carbocycles. The van der Waals surface area contributed by atoms with E-state index in [0.717, 1.165) is 12.0 Å². The lowest BCUT2D eigenvalue weighted by atomic mass is 10.0. The molecule has 39 heavy (non-hydrogen) atoms. The van der Waals surface area contributed by atoms with Crippen LogP contribution in [0.3, 0.4) is 0 Å². The van der Waals surface area contributed by atoms with Gasteiger partial charge in [-0.25, -0.2) is 4.79 Å². The molecule has 218 valence electrons. The summed E-state index contributed by atoms with van der Waals surface area (Å²) < 4.78 is 10.7. The largest absolute Gasteiger partial charge is 0.465 e. The van der Waals surface area contributed by atoms with Gasteiger partial charge < -0.3 is 24.9 Å². The maximum Gasteiger partial charge on any atom is 0.328 e. The highest BCUT2D eigenvalue weighted by molar-refractivity contribution is 5.89. The van der Waals surface area contributed by atoms with E-state index < -0.39 is 35.2 Å². The van der Waals surface area contributed by atoms with Crippen molar-refractivity contribution in [1.82, 2.24) is 10.2 Å². The summed E-state index contributed by atoms with van der Waals surface area (Å²) in [6, 6.07) is 7.70. The minimum atomic E-state index is -0.861. The summed E-state index contributed by atoms with van der Waals surface area (Å²) in [5.41, 5.74) is 6.75. The van der Waals surface area contributed by atoms with Crippen LogP contribution < -0.4 is 11.1 Å². The van der Waals surface area contributed by atoms with Crippen molar-refractivity contribution in [3.8, 4) is 0 Å². The molecule has 1 amide bonds. The molecule has 0 spiro atoms. The van der Waals surface area contributed by atoms with Gasteiger partial charge in [-0.1, -0.05) is 36.8 Å². The molecule has 0 radical (unpaired) electrons. The normalized spacial score (nSPS) is 16.4. The van der Waals surface area contributed by atoms with Gasteiger partial charge in [-0.3, -0.25) is 14.9 Å². The number of carbonyl (C=O) groups is 3. The Balaban J connectivity index is 2.05. The van der Waals surface area contributed by atoms with Crippen molar-refractivity contribution in [1.29, 1.82) is 0 Å². The van der Waals surface area contributed by atoms with Gasteiger partial charge >= 0.3 is 11.9 Å². The van der Waals surface area contributed by atoms with Gasteiger partial charge in [0.25, 0.3) is 5.09 Å². The summed E-state index contributed by atoms with van der Waals surface area (Å²) in [6.45, 7) is 2.89. The highest BCUT2D eigenvalue weighted by Crippen LogP contribution is 2.22. The maximum atomic E-state index is 13.7. The lowest BCUT2D eigenvalue weighted by Crippen LogP contribution is -2.54. The van der Waals surface area contributed by atoms with Crippen LogP contribution in [-0.4, -0.2) is 78.9 Å². The van der Waals surface area contributed by atoms with Gasteiger partial charge in [0.1, 0.15) is 12.1 Å². The number of unbranched alkanes of at least 4 members (excludes halogenated alkanes) is 2. The Hall–Kier alpha value is -3.25. The van der Waals surface area contributed by atoms with Gasteiger partial charge in [0.05, 0.1) is 25.9 Å². The van der Waals surface area contributed by atoms with Gasteiger partial charge in [-0.2, -0.15) is 0 Å². The minimum Gasteiger partial charge on any atom is -0.465 e. The molecule has 0 bridgehead atoms. The number of aryl methyl sites for hydroxylation is 1. The van der Waals surface area contributed by atoms with E-state index in [9.17, 15) is 24.5 Å². The fourth-order valence-electron chi connectivity index (χ4n) is 4.57. The first kappa shape index (κ1) is 32.0. The molecule has 1 aromatic carbocycles. The molecule has 2 unspecified atom stereocenters. The van der Waals surface area contributed by atoms with E-state index in [1.807, 2.05) is 30.3 Å². The molecule has 12 heteroatoms. The van der Waals surface area contributed by atoms with Crippen molar-refractivity contribution in [2.75, 3.05) is 32.9 Å². The fraction of sp³-hybridized carbons (Fsp3) is 0.667. The van der Waals surface area contributed by atoms with E-state index in [4.69, 9.17) is 15.2 Å². The third-order valence-corrected chi connectivity index (χ3v) is 6.57. The third kappa shape index (κ3) is 11.6. The molecule has 0 aliphatic carbocycles. The van der Waals surface area contributed by atoms with E-state index in [-0.39, 0.29) is 25.7 Å². The Labute approximate surface area is 229 Å². The van der Waals surface area contributed by atoms with Crippen LogP contribution in [0.25, 0.3) is 0 Å². The minimum absolute atomic E-state index is 0.0688. The number of hydrogen-bond donors (Lipinski definition) is 2. The Morgan fingerprint density at radius 1 is 1.08 bits per heavy atom. The molecule has 1 aromatic rings. The van der Waals surface area contributed by atoms with Crippen molar-refractivity contribution in [3.63, 3.8) is 0 Å². The number of rotatable bonds is 19. The van der Waals surface area contributed by atoms with Crippen LogP contribution in [0.15, 0.2) is 30.3 Å². The van der Waals surface area contributed by atoms with Crippen LogP contribution in [0, 0.1) is 10.1 Å². The molecular weight excluding hydrogens is 508 g/mol. The Bertz CT molecular complexity index is 901. The number of ether oxygens (including phenoxy) is 2. The van der Waals surface area contributed by atoms with E-state index >= 15 is 0 Å². The van der Waals surface area contributed by atoms with E-state index in [2.05, 4.69) is 10.2 Å². The van der Waals surface area contributed by atoms with Crippen molar-refractivity contribution in [2.24, 2.45) is 5.73 Å². The van der Waals surface area contributed by atoms with Crippen LogP contribution in [0.2, 0.25) is 0 Å². The zero-order valence-electron chi connectivity index (χ0n) is 22.8. The molecular formula is C27H42N4O8. The van der Waals surface area contributed by atoms with Gasteiger partial charge in [-0.15, -0.1) is 10.1 Å². The summed E-state index contributed by atoms with van der Waals surface area (Å²) >= 11 is 0. The van der Waals surface area contributed by atoms with Gasteiger partial charge in [0.2, 0.25) is 5.91 Å². The van der Waals surface area contributed by atoms with Gasteiger partial charge in [-0.05, 0) is 70.4 Å². The first-order valence-corrected chi connectivity index (χ1v) is 13.8. The molecule has 12 nitrogen and oxygen atoms in total. The van der Waals surface area contributed by atoms with Gasteiger partial charge in [0.15, 0.2) is 0 Å². The third-order valence-electron chi connectivity index (χ3n) is 6.57. The number of benzene rings is 1. The molecule has 2 rings (SSSR count). The zero-order valence-corrected chi connectivity index (χ0v) is 22.8. The summed E-state index contributed by atoms with van der Waals surface area (Å²) in [4.78, 5) is 55.3. The lowest BCUT2D eigenvalue weighted by Gasteiger charge is -2.30. The molecule has 1 saturated heterocycles. The number of esters is 2. The van der Waals surface area contributed by atoms with Crippen LogP contribution in [0.1, 0.15) is 63.9 Å². The van der Waals surface area contributed by atoms with Crippen LogP contribution >= 0.6 is 0 Å². The number of carbonyl (C=O) groups excluding carboxylic acids is 3. The SMILES string of the molecule is CCOC(=O)C(CCc1ccccc1)NC(CCCCN)C(=O)N1CCC[C@H]1C(=O)OCCCCO[N+](=O)[O-]. The molecule has 3 atom stereocenters. The summed E-state index contributed by atoms with van der Waals surface area (Å²) in [5.74, 6) is -1.16. The summed E-state index contributed by atoms with van der Waals surface area (Å²) in [6.07, 6.45) is 4.88. The average molecular weight is 551 g/mol. The highest BCUT2D eigenvalue weighted by Gasteiger charge is 2.39. The molecule has 3 N–H and O–H groups in total. The maximum absolute atomic E-state index is 13.7. The smallest absolute Gasteiger partial charge is 0.328 e. The quantitative estimate of drug-likeness (QED) is 0.113. The van der Waals surface area contributed by atoms with Crippen molar-refractivity contribution < 1.29 is 33.8 Å².